The highest BCUT2D eigenvalue weighted by molar-refractivity contribution is 4.98. The lowest BCUT2D eigenvalue weighted by molar-refractivity contribution is 0.368. The summed E-state index contributed by atoms with van der Waals surface area (Å²) < 4.78 is 1.96. The molecule has 0 bridgehead atoms. The third-order valence-electron chi connectivity index (χ3n) is 2.50. The molecule has 0 aromatic carbocycles. The van der Waals surface area contributed by atoms with Gasteiger partial charge in [-0.2, -0.15) is 0 Å². The van der Waals surface area contributed by atoms with Crippen LogP contribution in [0.5, 0.6) is 0 Å². The molecule has 0 aliphatic carbocycles. The topological polar surface area (TPSA) is 30.7 Å². The van der Waals surface area contributed by atoms with Crippen LogP contribution >= 0.6 is 0 Å². The lowest BCUT2D eigenvalue weighted by atomic mass is 10.1. The van der Waals surface area contributed by atoms with Crippen LogP contribution in [-0.4, -0.2) is 15.0 Å². The Morgan fingerprint density at radius 2 is 1.77 bits per heavy atom. The van der Waals surface area contributed by atoms with E-state index >= 15 is 0 Å². The Kier molecular flexibility index (Phi) is 3.07. The molecule has 0 N–H and O–H groups in total. The van der Waals surface area contributed by atoms with Gasteiger partial charge in [-0.1, -0.05) is 32.9 Å². The summed E-state index contributed by atoms with van der Waals surface area (Å²) >= 11 is 0. The zero-order valence-electron chi connectivity index (χ0n) is 9.15. The minimum atomic E-state index is 0.431. The predicted octanol–water partition coefficient (Wildman–Crippen LogP) is 2.62. The van der Waals surface area contributed by atoms with Gasteiger partial charge in [-0.15, -0.1) is 5.10 Å². The van der Waals surface area contributed by atoms with Gasteiger partial charge in [-0.25, -0.2) is 4.68 Å². The van der Waals surface area contributed by atoms with Gasteiger partial charge in [0.15, 0.2) is 0 Å². The summed E-state index contributed by atoms with van der Waals surface area (Å²) in [7, 11) is 0. The molecular weight excluding hydrogens is 162 g/mol. The van der Waals surface area contributed by atoms with Crippen molar-refractivity contribution >= 4 is 0 Å². The molecule has 0 saturated carbocycles. The van der Waals surface area contributed by atoms with Gasteiger partial charge in [0, 0.05) is 6.20 Å². The minimum Gasteiger partial charge on any atom is -0.249 e. The number of nitrogens with zero attached hydrogens (tertiary/aromatic N) is 3. The molecule has 1 unspecified atom stereocenters. The minimum absolute atomic E-state index is 0.431. The van der Waals surface area contributed by atoms with E-state index in [1.165, 1.54) is 0 Å². The first-order chi connectivity index (χ1) is 6.02. The van der Waals surface area contributed by atoms with E-state index < -0.39 is 0 Å². The Hall–Kier alpha value is -0.860. The molecule has 1 heterocycles. The van der Waals surface area contributed by atoms with Gasteiger partial charge >= 0.3 is 0 Å². The van der Waals surface area contributed by atoms with Gasteiger partial charge in [-0.05, 0) is 18.8 Å². The Balaban J connectivity index is 2.79. The van der Waals surface area contributed by atoms with Gasteiger partial charge in [0.1, 0.15) is 0 Å². The second kappa shape index (κ2) is 3.90. The summed E-state index contributed by atoms with van der Waals surface area (Å²) in [6.45, 7) is 10.8. The normalized spacial score (nSPS) is 14.1. The summed E-state index contributed by atoms with van der Waals surface area (Å²) in [5.74, 6) is 1.06. The maximum Gasteiger partial charge on any atom is 0.0852 e. The first-order valence-electron chi connectivity index (χ1n) is 4.94. The first kappa shape index (κ1) is 10.2. The van der Waals surface area contributed by atoms with E-state index in [0.717, 1.165) is 5.69 Å². The molecule has 74 valence electrons. The summed E-state index contributed by atoms with van der Waals surface area (Å²) in [6.07, 6.45) is 2.05. The Labute approximate surface area is 80.1 Å². The fourth-order valence-corrected chi connectivity index (χ4v) is 1.06. The predicted molar refractivity (Wildman–Crippen MR) is 53.7 cm³/mol. The Morgan fingerprint density at radius 1 is 1.15 bits per heavy atom. The summed E-state index contributed by atoms with van der Waals surface area (Å²) in [6, 6.07) is 0.431. The molecule has 3 heteroatoms. The number of aromatic nitrogens is 3. The van der Waals surface area contributed by atoms with Gasteiger partial charge in [0.05, 0.1) is 11.7 Å². The zero-order valence-corrected chi connectivity index (χ0v) is 9.15. The van der Waals surface area contributed by atoms with Crippen molar-refractivity contribution in [2.24, 2.45) is 5.92 Å². The van der Waals surface area contributed by atoms with E-state index in [2.05, 4.69) is 51.1 Å². The maximum atomic E-state index is 4.13. The molecule has 0 aliphatic rings. The molecular formula is C10H19N3. The van der Waals surface area contributed by atoms with E-state index in [0.29, 0.717) is 17.9 Å². The molecule has 3 nitrogen and oxygen atoms in total. The molecule has 1 rings (SSSR count). The molecule has 13 heavy (non-hydrogen) atoms. The zero-order chi connectivity index (χ0) is 10.0. The highest BCUT2D eigenvalue weighted by Gasteiger charge is 2.12. The third kappa shape index (κ3) is 2.29. The number of hydrogen-bond donors (Lipinski definition) is 0. The first-order valence-corrected chi connectivity index (χ1v) is 4.94. The Morgan fingerprint density at radius 3 is 2.15 bits per heavy atom. The van der Waals surface area contributed by atoms with Crippen molar-refractivity contribution in [2.45, 2.75) is 46.6 Å². The molecule has 0 amide bonds. The summed E-state index contributed by atoms with van der Waals surface area (Å²) in [5.41, 5.74) is 1.08. The highest BCUT2D eigenvalue weighted by Crippen LogP contribution is 2.17. The molecule has 1 aromatic rings. The summed E-state index contributed by atoms with van der Waals surface area (Å²) in [4.78, 5) is 0. The average Bonchev–Trinajstić information content (AvgIpc) is 2.50. The number of rotatable bonds is 3. The monoisotopic (exact) mass is 181 g/mol. The fraction of sp³-hybridized carbons (Fsp3) is 0.800. The van der Waals surface area contributed by atoms with E-state index in [4.69, 9.17) is 0 Å². The van der Waals surface area contributed by atoms with Crippen LogP contribution in [0.2, 0.25) is 0 Å². The highest BCUT2D eigenvalue weighted by atomic mass is 15.4. The van der Waals surface area contributed by atoms with Crippen LogP contribution in [0, 0.1) is 5.92 Å². The molecule has 0 radical (unpaired) electrons. The van der Waals surface area contributed by atoms with Crippen molar-refractivity contribution in [2.75, 3.05) is 0 Å². The largest absolute Gasteiger partial charge is 0.249 e. The van der Waals surface area contributed by atoms with Crippen LogP contribution in [0.4, 0.5) is 0 Å². The quantitative estimate of drug-likeness (QED) is 0.717. The average molecular weight is 181 g/mol. The molecule has 1 aromatic heterocycles. The van der Waals surface area contributed by atoms with Crippen LogP contribution in [0.25, 0.3) is 0 Å². The van der Waals surface area contributed by atoms with E-state index in [-0.39, 0.29) is 0 Å². The summed E-state index contributed by atoms with van der Waals surface area (Å²) in [5, 5.41) is 8.26. The second-order valence-electron chi connectivity index (χ2n) is 4.26. The van der Waals surface area contributed by atoms with Gasteiger partial charge in [0.25, 0.3) is 0 Å². The van der Waals surface area contributed by atoms with Crippen molar-refractivity contribution < 1.29 is 0 Å². The van der Waals surface area contributed by atoms with Crippen molar-refractivity contribution in [3.05, 3.63) is 11.9 Å². The smallest absolute Gasteiger partial charge is 0.0852 e. The van der Waals surface area contributed by atoms with Crippen molar-refractivity contribution in [1.29, 1.82) is 0 Å². The SMILES string of the molecule is CC(C)c1cn(C(C)C(C)C)nn1. The van der Waals surface area contributed by atoms with Gasteiger partial charge < -0.3 is 0 Å². The maximum absolute atomic E-state index is 4.13. The molecule has 0 spiro atoms. The van der Waals surface area contributed by atoms with Crippen molar-refractivity contribution in [1.82, 2.24) is 15.0 Å². The van der Waals surface area contributed by atoms with Crippen LogP contribution < -0.4 is 0 Å². The Bertz CT molecular complexity index is 263. The second-order valence-corrected chi connectivity index (χ2v) is 4.26. The van der Waals surface area contributed by atoms with Crippen LogP contribution in [0.1, 0.15) is 52.3 Å². The van der Waals surface area contributed by atoms with Crippen molar-refractivity contribution in [3.8, 4) is 0 Å². The van der Waals surface area contributed by atoms with Crippen LogP contribution in [-0.2, 0) is 0 Å². The van der Waals surface area contributed by atoms with Crippen molar-refractivity contribution in [3.63, 3.8) is 0 Å². The van der Waals surface area contributed by atoms with Gasteiger partial charge in [0.2, 0.25) is 0 Å². The number of hydrogen-bond acceptors (Lipinski definition) is 2. The molecule has 0 saturated heterocycles. The fourth-order valence-electron chi connectivity index (χ4n) is 1.06. The lowest BCUT2D eigenvalue weighted by Crippen LogP contribution is -2.11. The van der Waals surface area contributed by atoms with Crippen LogP contribution in [0.3, 0.4) is 0 Å². The molecule has 0 fully saturated rings. The standard InChI is InChI=1S/C10H19N3/c1-7(2)9(5)13-6-10(8(3)4)11-12-13/h6-9H,1-5H3. The van der Waals surface area contributed by atoms with E-state index in [9.17, 15) is 0 Å². The van der Waals surface area contributed by atoms with E-state index in [1.807, 2.05) is 4.68 Å². The molecule has 1 atom stereocenters. The van der Waals surface area contributed by atoms with Crippen LogP contribution in [0.15, 0.2) is 6.20 Å². The lowest BCUT2D eigenvalue weighted by Gasteiger charge is -2.14. The molecule has 0 aliphatic heterocycles. The van der Waals surface area contributed by atoms with Gasteiger partial charge in [-0.3, -0.25) is 0 Å². The van der Waals surface area contributed by atoms with E-state index in [1.54, 1.807) is 0 Å². The third-order valence-corrected chi connectivity index (χ3v) is 2.50.